The topological polar surface area (TPSA) is 144 Å². The molecule has 4 rings (SSSR count). The van der Waals surface area contributed by atoms with Gasteiger partial charge in [0.25, 0.3) is 5.91 Å². The maximum Gasteiger partial charge on any atom is 0.255 e. The van der Waals surface area contributed by atoms with Crippen LogP contribution in [0.3, 0.4) is 0 Å². The van der Waals surface area contributed by atoms with Crippen LogP contribution in [0, 0.1) is 5.92 Å². The summed E-state index contributed by atoms with van der Waals surface area (Å²) in [6.45, 7) is 3.99. The third-order valence-electron chi connectivity index (χ3n) is 7.25. The summed E-state index contributed by atoms with van der Waals surface area (Å²) in [6.07, 6.45) is 0.0913. The van der Waals surface area contributed by atoms with Crippen LogP contribution in [0.25, 0.3) is 0 Å². The fraction of sp³-hybridized carbons (Fsp3) is 0.353. The van der Waals surface area contributed by atoms with Crippen molar-refractivity contribution in [3.8, 4) is 17.2 Å². The van der Waals surface area contributed by atoms with E-state index in [-0.39, 0.29) is 49.3 Å². The number of methoxy groups -OCH3 is 1. The lowest BCUT2D eigenvalue weighted by Gasteiger charge is -2.27. The Labute approximate surface area is 263 Å². The predicted octanol–water partition coefficient (Wildman–Crippen LogP) is 2.64. The normalized spacial score (nSPS) is 19.1. The van der Waals surface area contributed by atoms with Gasteiger partial charge >= 0.3 is 0 Å². The molecule has 0 fully saturated rings. The van der Waals surface area contributed by atoms with Gasteiger partial charge in [-0.15, -0.1) is 0 Å². The maximum atomic E-state index is 13.5. The van der Waals surface area contributed by atoms with E-state index < -0.39 is 35.8 Å². The van der Waals surface area contributed by atoms with Crippen molar-refractivity contribution in [1.29, 1.82) is 0 Å². The summed E-state index contributed by atoms with van der Waals surface area (Å²) in [7, 11) is 1.57. The number of carbonyl (C=O) groups is 4. The van der Waals surface area contributed by atoms with Crippen LogP contribution < -0.4 is 35.5 Å². The number of fused-ring (bicyclic) bond motifs is 1. The van der Waals surface area contributed by atoms with Gasteiger partial charge in [-0.3, -0.25) is 19.2 Å². The number of hydrogen-bond acceptors (Lipinski definition) is 7. The highest BCUT2D eigenvalue weighted by atomic mass is 16.5. The molecule has 0 spiro atoms. The highest BCUT2D eigenvalue weighted by Gasteiger charge is 2.31. The van der Waals surface area contributed by atoms with Crippen molar-refractivity contribution in [2.45, 2.75) is 44.8 Å². The number of carbonyl (C=O) groups excluding carboxylic acids is 4. The monoisotopic (exact) mass is 616 g/mol. The van der Waals surface area contributed by atoms with Crippen molar-refractivity contribution in [1.82, 2.24) is 21.3 Å². The van der Waals surface area contributed by atoms with Gasteiger partial charge in [0, 0.05) is 0 Å². The zero-order valence-corrected chi connectivity index (χ0v) is 25.7. The predicted molar refractivity (Wildman–Crippen MR) is 168 cm³/mol. The average Bonchev–Trinajstić information content (AvgIpc) is 3.04. The zero-order chi connectivity index (χ0) is 32.2. The average molecular weight is 617 g/mol. The Morgan fingerprint density at radius 1 is 0.911 bits per heavy atom. The molecule has 1 aliphatic rings. The Kier molecular flexibility index (Phi) is 11.8. The first-order valence-corrected chi connectivity index (χ1v) is 14.9. The Bertz CT molecular complexity index is 1450. The second-order valence-electron chi connectivity index (χ2n) is 11.0. The van der Waals surface area contributed by atoms with Crippen LogP contribution in [0.1, 0.15) is 36.2 Å². The molecule has 0 aliphatic carbocycles. The second kappa shape index (κ2) is 16.1. The Morgan fingerprint density at radius 3 is 2.31 bits per heavy atom. The van der Waals surface area contributed by atoms with E-state index in [9.17, 15) is 19.2 Å². The molecule has 0 bridgehead atoms. The summed E-state index contributed by atoms with van der Waals surface area (Å²) >= 11 is 0. The van der Waals surface area contributed by atoms with Crippen molar-refractivity contribution < 1.29 is 33.4 Å². The molecular formula is C34H40N4O7. The minimum atomic E-state index is -1.23. The Balaban J connectivity index is 1.51. The summed E-state index contributed by atoms with van der Waals surface area (Å²) in [5.74, 6) is -0.751. The van der Waals surface area contributed by atoms with Gasteiger partial charge in [-0.25, -0.2) is 0 Å². The van der Waals surface area contributed by atoms with Crippen LogP contribution in [-0.4, -0.2) is 68.6 Å². The first kappa shape index (κ1) is 32.8. The molecule has 1 aliphatic heterocycles. The third kappa shape index (κ3) is 9.72. The molecule has 11 nitrogen and oxygen atoms in total. The van der Waals surface area contributed by atoms with Crippen molar-refractivity contribution in [3.63, 3.8) is 0 Å². The molecule has 0 saturated heterocycles. The van der Waals surface area contributed by atoms with Crippen molar-refractivity contribution >= 4 is 23.6 Å². The van der Waals surface area contributed by atoms with Gasteiger partial charge in [-0.2, -0.15) is 0 Å². The molecule has 1 heterocycles. The fourth-order valence-electron chi connectivity index (χ4n) is 4.85. The van der Waals surface area contributed by atoms with Crippen molar-refractivity contribution in [2.75, 3.05) is 26.9 Å². The largest absolute Gasteiger partial charge is 0.497 e. The van der Waals surface area contributed by atoms with E-state index in [2.05, 4.69) is 21.3 Å². The number of amides is 4. The smallest absolute Gasteiger partial charge is 0.255 e. The number of ether oxygens (including phenoxy) is 3. The minimum absolute atomic E-state index is 0.0712. The molecule has 4 amide bonds. The summed E-state index contributed by atoms with van der Waals surface area (Å²) < 4.78 is 16.9. The lowest BCUT2D eigenvalue weighted by molar-refractivity contribution is -0.132. The molecule has 0 unspecified atom stereocenters. The van der Waals surface area contributed by atoms with E-state index in [0.29, 0.717) is 17.9 Å². The number of rotatable bonds is 9. The lowest BCUT2D eigenvalue weighted by Crippen LogP contribution is -2.55. The van der Waals surface area contributed by atoms with E-state index in [1.54, 1.807) is 55.6 Å². The van der Waals surface area contributed by atoms with Crippen LogP contribution in [0.5, 0.6) is 17.2 Å². The second-order valence-corrected chi connectivity index (χ2v) is 11.0. The summed E-state index contributed by atoms with van der Waals surface area (Å²) in [5, 5.41) is 11.2. The molecule has 3 aromatic rings. The molecule has 238 valence electrons. The Hall–Kier alpha value is -5.06. The van der Waals surface area contributed by atoms with E-state index in [1.807, 2.05) is 44.2 Å². The van der Waals surface area contributed by atoms with Crippen molar-refractivity contribution in [3.05, 3.63) is 90.0 Å². The molecule has 0 radical (unpaired) electrons. The van der Waals surface area contributed by atoms with Gasteiger partial charge < -0.3 is 35.5 Å². The molecule has 4 N–H and O–H groups in total. The molecule has 3 atom stereocenters. The molecule has 0 aromatic heterocycles. The quantitative estimate of drug-likeness (QED) is 0.271. The summed E-state index contributed by atoms with van der Waals surface area (Å²) in [4.78, 5) is 53.4. The van der Waals surface area contributed by atoms with Crippen LogP contribution >= 0.6 is 0 Å². The molecule has 0 saturated carbocycles. The molecule has 45 heavy (non-hydrogen) atoms. The van der Waals surface area contributed by atoms with Crippen LogP contribution in [-0.2, 0) is 20.8 Å². The molecule has 3 aromatic carbocycles. The molecule has 11 heteroatoms. The Morgan fingerprint density at radius 2 is 1.60 bits per heavy atom. The van der Waals surface area contributed by atoms with Gasteiger partial charge in [0.05, 0.1) is 31.7 Å². The maximum absolute atomic E-state index is 13.5. The minimum Gasteiger partial charge on any atom is -0.497 e. The van der Waals surface area contributed by atoms with Gasteiger partial charge in [0.1, 0.15) is 42.5 Å². The van der Waals surface area contributed by atoms with Crippen LogP contribution in [0.2, 0.25) is 0 Å². The van der Waals surface area contributed by atoms with Gasteiger partial charge in [-0.1, -0.05) is 56.3 Å². The number of benzene rings is 3. The number of hydrogen-bond donors (Lipinski definition) is 4. The van der Waals surface area contributed by atoms with Crippen molar-refractivity contribution in [2.24, 2.45) is 5.92 Å². The molecular weight excluding hydrogens is 576 g/mol. The standard InChI is InChI=1S/C34H40N4O7/c1-22(2)31-34(42)36-24(19-23-9-5-4-6-10-23)21-45-29-12-8-7-11-27(29)32(40)37-28(20-30(39)38-31)33(41)35-17-18-44-26-15-13-25(43-3)14-16-26/h4-16,22,24,28,31H,17-21H2,1-3H3,(H,35,41)(H,36,42)(H,37,40)(H,38,39)/t24-,28+,31+/m1/s1. The number of nitrogens with one attached hydrogen (secondary N) is 4. The van der Waals surface area contributed by atoms with Gasteiger partial charge in [0.15, 0.2) is 0 Å². The van der Waals surface area contributed by atoms with Crippen LogP contribution in [0.4, 0.5) is 0 Å². The highest BCUT2D eigenvalue weighted by Crippen LogP contribution is 2.20. The van der Waals surface area contributed by atoms with Gasteiger partial charge in [-0.05, 0) is 54.3 Å². The van der Waals surface area contributed by atoms with Gasteiger partial charge in [0.2, 0.25) is 17.7 Å². The van der Waals surface area contributed by atoms with E-state index in [1.165, 1.54) is 0 Å². The van der Waals surface area contributed by atoms with E-state index >= 15 is 0 Å². The summed E-state index contributed by atoms with van der Waals surface area (Å²) in [5.41, 5.74) is 1.19. The first-order chi connectivity index (χ1) is 21.7. The third-order valence-corrected chi connectivity index (χ3v) is 7.25. The zero-order valence-electron chi connectivity index (χ0n) is 25.7. The first-order valence-electron chi connectivity index (χ1n) is 14.9. The van der Waals surface area contributed by atoms with Crippen LogP contribution in [0.15, 0.2) is 78.9 Å². The SMILES string of the molecule is COc1ccc(OCCNC(=O)[C@@H]2CC(=O)N[C@@H](C(C)C)C(=O)N[C@H](Cc3ccccc3)COc3ccccc3C(=O)N2)cc1. The number of para-hydroxylation sites is 1. The van der Waals surface area contributed by atoms with E-state index in [4.69, 9.17) is 14.2 Å². The summed E-state index contributed by atoms with van der Waals surface area (Å²) in [6, 6.07) is 20.7. The fourth-order valence-corrected chi connectivity index (χ4v) is 4.85. The van der Waals surface area contributed by atoms with E-state index in [0.717, 1.165) is 5.56 Å². The lowest BCUT2D eigenvalue weighted by atomic mass is 10.0. The highest BCUT2D eigenvalue weighted by molar-refractivity contribution is 6.01.